The predicted molar refractivity (Wildman–Crippen MR) is 74.8 cm³/mol. The van der Waals surface area contributed by atoms with Gasteiger partial charge >= 0.3 is 5.97 Å². The fourth-order valence-corrected chi connectivity index (χ4v) is 4.99. The third-order valence-corrected chi connectivity index (χ3v) is 6.51. The van der Waals surface area contributed by atoms with Crippen molar-refractivity contribution >= 4 is 26.8 Å². The average molecular weight is 317 g/mol. The molecule has 0 bridgehead atoms. The maximum Gasteiger partial charge on any atom is 0.335 e. The van der Waals surface area contributed by atoms with Gasteiger partial charge in [0.15, 0.2) is 0 Å². The molecule has 1 aromatic carbocycles. The molecule has 0 spiro atoms. The molecule has 1 saturated heterocycles. The van der Waals surface area contributed by atoms with Gasteiger partial charge in [0.1, 0.15) is 0 Å². The number of rotatable bonds is 3. The fourth-order valence-electron chi connectivity index (χ4n) is 2.01. The Morgan fingerprint density at radius 2 is 1.90 bits per heavy atom. The van der Waals surface area contributed by atoms with Crippen LogP contribution in [0.25, 0.3) is 0 Å². The molecule has 1 N–H and O–H groups in total. The number of hydrogen-bond acceptors (Lipinski definition) is 4. The number of carboxylic acid groups (broad SMARTS) is 1. The molecule has 0 atom stereocenters. The summed E-state index contributed by atoms with van der Waals surface area (Å²) >= 11 is 0. The first-order chi connectivity index (χ1) is 9.32. The number of aromatic carboxylic acids is 1. The van der Waals surface area contributed by atoms with Crippen LogP contribution in [-0.4, -0.2) is 52.6 Å². The van der Waals surface area contributed by atoms with Crippen LogP contribution in [0, 0.1) is 6.92 Å². The maximum atomic E-state index is 12.5. The quantitative estimate of drug-likeness (QED) is 0.873. The number of benzene rings is 1. The van der Waals surface area contributed by atoms with Crippen LogP contribution in [0.3, 0.4) is 0 Å². The largest absolute Gasteiger partial charge is 0.478 e. The van der Waals surface area contributed by atoms with Crippen molar-refractivity contribution in [1.82, 2.24) is 4.31 Å². The molecule has 1 aliphatic rings. The highest BCUT2D eigenvalue weighted by Crippen LogP contribution is 2.22. The highest BCUT2D eigenvalue weighted by atomic mass is 32.2. The highest BCUT2D eigenvalue weighted by molar-refractivity contribution is 7.89. The second-order valence-corrected chi connectivity index (χ2v) is 8.14. The van der Waals surface area contributed by atoms with Crippen LogP contribution in [0.2, 0.25) is 0 Å². The first kappa shape index (κ1) is 15.1. The molecule has 20 heavy (non-hydrogen) atoms. The summed E-state index contributed by atoms with van der Waals surface area (Å²) in [7, 11) is -4.71. The Morgan fingerprint density at radius 1 is 1.30 bits per heavy atom. The zero-order chi connectivity index (χ0) is 14.9. The highest BCUT2D eigenvalue weighted by Gasteiger charge is 2.29. The lowest BCUT2D eigenvalue weighted by Crippen LogP contribution is -2.41. The zero-order valence-electron chi connectivity index (χ0n) is 10.9. The fraction of sp³-hybridized carbons (Fsp3) is 0.417. The normalized spacial score (nSPS) is 18.1. The van der Waals surface area contributed by atoms with Gasteiger partial charge in [-0.25, -0.2) is 13.2 Å². The van der Waals surface area contributed by atoms with E-state index in [1.54, 1.807) is 6.92 Å². The van der Waals surface area contributed by atoms with Crippen LogP contribution in [0.1, 0.15) is 15.9 Å². The Hall–Kier alpha value is -1.25. The molecule has 1 aliphatic heterocycles. The van der Waals surface area contributed by atoms with Crippen molar-refractivity contribution in [3.63, 3.8) is 0 Å². The molecule has 0 unspecified atom stereocenters. The molecule has 8 heteroatoms. The molecular formula is C12H15NO5S2. The Bertz CT molecular complexity index is 658. The van der Waals surface area contributed by atoms with Crippen molar-refractivity contribution in [3.8, 4) is 0 Å². The minimum absolute atomic E-state index is 0.00471. The van der Waals surface area contributed by atoms with Crippen LogP contribution in [0.4, 0.5) is 0 Å². The topological polar surface area (TPSA) is 91.8 Å². The van der Waals surface area contributed by atoms with E-state index in [1.807, 2.05) is 0 Å². The maximum absolute atomic E-state index is 12.5. The second kappa shape index (κ2) is 5.63. The molecule has 0 amide bonds. The van der Waals surface area contributed by atoms with Crippen molar-refractivity contribution < 1.29 is 22.5 Å². The van der Waals surface area contributed by atoms with E-state index in [0.29, 0.717) is 17.1 Å². The van der Waals surface area contributed by atoms with E-state index in [9.17, 15) is 17.4 Å². The molecule has 0 saturated carbocycles. The molecular weight excluding hydrogens is 302 g/mol. The van der Waals surface area contributed by atoms with E-state index in [2.05, 4.69) is 0 Å². The molecule has 6 nitrogen and oxygen atoms in total. The first-order valence-corrected chi connectivity index (χ1v) is 8.94. The minimum atomic E-state index is -3.74. The van der Waals surface area contributed by atoms with E-state index < -0.39 is 26.8 Å². The summed E-state index contributed by atoms with van der Waals surface area (Å²) in [6.45, 7) is 2.03. The summed E-state index contributed by atoms with van der Waals surface area (Å²) in [4.78, 5) is 11.0. The minimum Gasteiger partial charge on any atom is -0.478 e. The van der Waals surface area contributed by atoms with Crippen LogP contribution in [0.15, 0.2) is 23.1 Å². The first-order valence-electron chi connectivity index (χ1n) is 6.01. The standard InChI is InChI=1S/C12H15NO5S2/c1-9-2-3-10(12(14)15)8-11(9)20(17,18)13-4-6-19(16)7-5-13/h2-3,8H,4-7H2,1H3,(H,14,15). The van der Waals surface area contributed by atoms with Gasteiger partial charge in [0, 0.05) is 35.4 Å². The van der Waals surface area contributed by atoms with Crippen molar-refractivity contribution in [1.29, 1.82) is 0 Å². The summed E-state index contributed by atoms with van der Waals surface area (Å²) in [6.07, 6.45) is 0. The monoisotopic (exact) mass is 317 g/mol. The van der Waals surface area contributed by atoms with Crippen molar-refractivity contribution in [3.05, 3.63) is 29.3 Å². The van der Waals surface area contributed by atoms with Gasteiger partial charge in [-0.2, -0.15) is 4.31 Å². The summed E-state index contributed by atoms with van der Waals surface area (Å²) < 4.78 is 37.6. The van der Waals surface area contributed by atoms with E-state index in [1.165, 1.54) is 22.5 Å². The smallest absolute Gasteiger partial charge is 0.335 e. The van der Waals surface area contributed by atoms with Gasteiger partial charge in [0.2, 0.25) is 10.0 Å². The number of sulfonamides is 1. The van der Waals surface area contributed by atoms with E-state index in [-0.39, 0.29) is 23.5 Å². The van der Waals surface area contributed by atoms with E-state index >= 15 is 0 Å². The molecule has 2 rings (SSSR count). The Morgan fingerprint density at radius 3 is 2.45 bits per heavy atom. The van der Waals surface area contributed by atoms with Crippen LogP contribution >= 0.6 is 0 Å². The number of hydrogen-bond donors (Lipinski definition) is 1. The molecule has 1 heterocycles. The van der Waals surface area contributed by atoms with Gasteiger partial charge in [-0.05, 0) is 24.6 Å². The van der Waals surface area contributed by atoms with Gasteiger partial charge in [-0.15, -0.1) is 0 Å². The van der Waals surface area contributed by atoms with Crippen molar-refractivity contribution in [2.24, 2.45) is 0 Å². The Balaban J connectivity index is 2.41. The van der Waals surface area contributed by atoms with E-state index in [0.717, 1.165) is 0 Å². The lowest BCUT2D eigenvalue weighted by molar-refractivity contribution is 0.0696. The summed E-state index contributed by atoms with van der Waals surface area (Å²) in [5.74, 6) is -0.533. The third kappa shape index (κ3) is 2.92. The Labute approximate surface area is 119 Å². The second-order valence-electron chi connectivity index (χ2n) is 4.54. The lowest BCUT2D eigenvalue weighted by Gasteiger charge is -2.26. The molecule has 0 radical (unpaired) electrons. The SMILES string of the molecule is Cc1ccc(C(=O)O)cc1S(=O)(=O)N1CCS(=O)CC1. The third-order valence-electron chi connectivity index (χ3n) is 3.19. The molecule has 110 valence electrons. The van der Waals surface area contributed by atoms with E-state index in [4.69, 9.17) is 5.11 Å². The van der Waals surface area contributed by atoms with Crippen LogP contribution < -0.4 is 0 Å². The van der Waals surface area contributed by atoms with Gasteiger partial charge in [0.05, 0.1) is 10.5 Å². The Kier molecular flexibility index (Phi) is 4.26. The number of carboxylic acids is 1. The van der Waals surface area contributed by atoms with Crippen molar-refractivity contribution in [2.45, 2.75) is 11.8 Å². The lowest BCUT2D eigenvalue weighted by atomic mass is 10.1. The molecule has 0 aromatic heterocycles. The van der Waals surface area contributed by atoms with Crippen molar-refractivity contribution in [2.75, 3.05) is 24.6 Å². The summed E-state index contributed by atoms with van der Waals surface area (Å²) in [5.41, 5.74) is 0.441. The zero-order valence-corrected chi connectivity index (χ0v) is 12.5. The summed E-state index contributed by atoms with van der Waals surface area (Å²) in [6, 6.07) is 4.04. The van der Waals surface area contributed by atoms with Crippen LogP contribution in [0.5, 0.6) is 0 Å². The molecule has 0 aliphatic carbocycles. The summed E-state index contributed by atoms with van der Waals surface area (Å²) in [5, 5.41) is 8.96. The molecule has 1 fully saturated rings. The number of aryl methyl sites for hydroxylation is 1. The number of carbonyl (C=O) groups is 1. The molecule has 1 aromatic rings. The van der Waals surface area contributed by atoms with Gasteiger partial charge in [-0.3, -0.25) is 4.21 Å². The number of nitrogens with zero attached hydrogens (tertiary/aromatic N) is 1. The van der Waals surface area contributed by atoms with Gasteiger partial charge in [0.25, 0.3) is 0 Å². The van der Waals surface area contributed by atoms with Crippen LogP contribution in [-0.2, 0) is 20.8 Å². The van der Waals surface area contributed by atoms with Gasteiger partial charge in [-0.1, -0.05) is 6.07 Å². The predicted octanol–water partition coefficient (Wildman–Crippen LogP) is 0.446. The van der Waals surface area contributed by atoms with Gasteiger partial charge < -0.3 is 5.11 Å². The average Bonchev–Trinajstić information content (AvgIpc) is 2.39.